The molecule has 2 rings (SSSR count). The number of rotatable bonds is 5. The summed E-state index contributed by atoms with van der Waals surface area (Å²) < 4.78 is 5.40. The number of aliphatic hydroxyl groups excluding tert-OH is 1. The lowest BCUT2D eigenvalue weighted by molar-refractivity contribution is 0.306. The van der Waals surface area contributed by atoms with Crippen molar-refractivity contribution < 1.29 is 9.84 Å². The molecule has 0 heterocycles. The van der Waals surface area contributed by atoms with Gasteiger partial charge in [0.05, 0.1) is 6.61 Å². The summed E-state index contributed by atoms with van der Waals surface area (Å²) in [6.07, 6.45) is 2.20. The lowest BCUT2D eigenvalue weighted by Crippen LogP contribution is -2.04. The molecule has 0 aromatic heterocycles. The molecule has 0 aliphatic heterocycles. The Bertz CT molecular complexity index is 568. The highest BCUT2D eigenvalue weighted by atomic mass is 32.1. The number of ether oxygens (including phenoxy) is 1. The Balaban J connectivity index is 0.000000235. The predicted molar refractivity (Wildman–Crippen MR) is 99.8 cm³/mol. The molecule has 2 aromatic carbocycles. The summed E-state index contributed by atoms with van der Waals surface area (Å²) in [5.41, 5.74) is 1.70. The van der Waals surface area contributed by atoms with E-state index in [1.807, 2.05) is 48.5 Å². The van der Waals surface area contributed by atoms with E-state index >= 15 is 0 Å². The van der Waals surface area contributed by atoms with Crippen molar-refractivity contribution in [1.29, 1.82) is 0 Å². The summed E-state index contributed by atoms with van der Waals surface area (Å²) in [5.74, 6) is 0. The van der Waals surface area contributed by atoms with E-state index in [4.69, 9.17) is 22.1 Å². The minimum Gasteiger partial charge on any atom is -0.499 e. The second kappa shape index (κ2) is 10.9. The molecule has 0 bridgehead atoms. The quantitative estimate of drug-likeness (QED) is 0.609. The van der Waals surface area contributed by atoms with Crippen molar-refractivity contribution in [2.45, 2.75) is 19.8 Å². The molecule has 0 saturated carbocycles. The molecule has 0 aliphatic carbocycles. The van der Waals surface area contributed by atoms with Crippen LogP contribution in [0.2, 0.25) is 0 Å². The highest BCUT2D eigenvalue weighted by molar-refractivity contribution is 7.80. The van der Waals surface area contributed by atoms with Crippen molar-refractivity contribution in [2.24, 2.45) is 0 Å². The molecule has 0 amide bonds. The predicted octanol–water partition coefficient (Wildman–Crippen LogP) is 5.10. The SMILES string of the molecule is CCCCOC(=S)c1ccccc1.OC(=S)c1ccccc1. The average molecular weight is 332 g/mol. The number of hydrogen-bond donors (Lipinski definition) is 1. The fourth-order valence-electron chi connectivity index (χ4n) is 1.55. The van der Waals surface area contributed by atoms with Crippen LogP contribution in [0, 0.1) is 0 Å². The first-order valence-electron chi connectivity index (χ1n) is 7.15. The topological polar surface area (TPSA) is 29.5 Å². The van der Waals surface area contributed by atoms with Gasteiger partial charge >= 0.3 is 0 Å². The Kier molecular flexibility index (Phi) is 9.03. The number of aliphatic hydroxyl groups is 1. The molecule has 0 unspecified atom stereocenters. The van der Waals surface area contributed by atoms with Gasteiger partial charge in [-0.15, -0.1) is 0 Å². The molecule has 0 radical (unpaired) electrons. The number of hydrogen-bond acceptors (Lipinski definition) is 3. The van der Waals surface area contributed by atoms with E-state index < -0.39 is 0 Å². The minimum atomic E-state index is -0.0457. The largest absolute Gasteiger partial charge is 0.499 e. The van der Waals surface area contributed by atoms with Crippen LogP contribution in [0.3, 0.4) is 0 Å². The third-order valence-electron chi connectivity index (χ3n) is 2.76. The molecule has 2 nitrogen and oxygen atoms in total. The van der Waals surface area contributed by atoms with Crippen LogP contribution >= 0.6 is 24.4 Å². The number of benzene rings is 2. The summed E-state index contributed by atoms with van der Waals surface area (Å²) >= 11 is 9.63. The van der Waals surface area contributed by atoms with Crippen LogP contribution in [0.15, 0.2) is 60.7 Å². The normalized spacial score (nSPS) is 9.32. The van der Waals surface area contributed by atoms with Gasteiger partial charge in [0.25, 0.3) is 0 Å². The Morgan fingerprint density at radius 3 is 1.82 bits per heavy atom. The molecular weight excluding hydrogens is 312 g/mol. The minimum absolute atomic E-state index is 0.0457. The van der Waals surface area contributed by atoms with E-state index in [1.54, 1.807) is 12.1 Å². The summed E-state index contributed by atoms with van der Waals surface area (Å²) in [4.78, 5) is 0. The van der Waals surface area contributed by atoms with Gasteiger partial charge in [0.1, 0.15) is 0 Å². The summed E-state index contributed by atoms with van der Waals surface area (Å²) in [5, 5.41) is 9.32. The summed E-state index contributed by atoms with van der Waals surface area (Å²) in [7, 11) is 0. The standard InChI is InChI=1S/C11H14OS.C7H6OS/c1-2-3-9-12-11(13)10-7-5-4-6-8-10;8-7(9)6-4-2-1-3-5-6/h4-8H,2-3,9H2,1H3;1-5H,(H,8,9). The molecule has 2 aromatic rings. The molecule has 4 heteroatoms. The van der Waals surface area contributed by atoms with Gasteiger partial charge in [-0.25, -0.2) is 0 Å². The molecular formula is C18H20O2S2. The van der Waals surface area contributed by atoms with Gasteiger partial charge in [-0.05, 0) is 30.9 Å². The van der Waals surface area contributed by atoms with Crippen LogP contribution < -0.4 is 0 Å². The third kappa shape index (κ3) is 7.29. The molecule has 0 spiro atoms. The van der Waals surface area contributed by atoms with Crippen molar-refractivity contribution in [3.05, 3.63) is 71.8 Å². The van der Waals surface area contributed by atoms with E-state index in [0.29, 0.717) is 10.6 Å². The maximum absolute atomic E-state index is 8.76. The molecule has 116 valence electrons. The van der Waals surface area contributed by atoms with Crippen molar-refractivity contribution in [3.63, 3.8) is 0 Å². The van der Waals surface area contributed by atoms with Crippen LogP contribution in [-0.4, -0.2) is 21.8 Å². The first kappa shape index (κ1) is 18.3. The van der Waals surface area contributed by atoms with Crippen molar-refractivity contribution in [2.75, 3.05) is 6.61 Å². The van der Waals surface area contributed by atoms with Crippen LogP contribution in [0.4, 0.5) is 0 Å². The zero-order valence-electron chi connectivity index (χ0n) is 12.6. The van der Waals surface area contributed by atoms with E-state index in [9.17, 15) is 0 Å². The Morgan fingerprint density at radius 2 is 1.41 bits per heavy atom. The van der Waals surface area contributed by atoms with Crippen LogP contribution in [0.25, 0.3) is 0 Å². The first-order valence-corrected chi connectivity index (χ1v) is 7.97. The van der Waals surface area contributed by atoms with Gasteiger partial charge in [-0.3, -0.25) is 0 Å². The highest BCUT2D eigenvalue weighted by Crippen LogP contribution is 2.03. The van der Waals surface area contributed by atoms with Gasteiger partial charge in [0, 0.05) is 11.1 Å². The van der Waals surface area contributed by atoms with Gasteiger partial charge in [-0.1, -0.05) is 74.0 Å². The molecule has 22 heavy (non-hydrogen) atoms. The van der Waals surface area contributed by atoms with Gasteiger partial charge < -0.3 is 9.84 Å². The van der Waals surface area contributed by atoms with Crippen molar-refractivity contribution in [3.8, 4) is 0 Å². The Labute approximate surface area is 142 Å². The molecule has 1 N–H and O–H groups in total. The van der Waals surface area contributed by atoms with E-state index in [2.05, 4.69) is 19.1 Å². The van der Waals surface area contributed by atoms with Gasteiger partial charge in [0.15, 0.2) is 10.1 Å². The van der Waals surface area contributed by atoms with E-state index in [-0.39, 0.29) is 5.05 Å². The zero-order valence-corrected chi connectivity index (χ0v) is 14.2. The Morgan fingerprint density at radius 1 is 0.909 bits per heavy atom. The lowest BCUT2D eigenvalue weighted by Gasteiger charge is -2.05. The molecule has 0 atom stereocenters. The fraction of sp³-hybridized carbons (Fsp3) is 0.222. The van der Waals surface area contributed by atoms with Crippen molar-refractivity contribution in [1.82, 2.24) is 0 Å². The smallest absolute Gasteiger partial charge is 0.191 e. The highest BCUT2D eigenvalue weighted by Gasteiger charge is 1.99. The summed E-state index contributed by atoms with van der Waals surface area (Å²) in [6, 6.07) is 18.9. The number of unbranched alkanes of at least 4 members (excludes halogenated alkanes) is 1. The maximum atomic E-state index is 8.76. The monoisotopic (exact) mass is 332 g/mol. The van der Waals surface area contributed by atoms with Crippen molar-refractivity contribution >= 4 is 34.5 Å². The fourth-order valence-corrected chi connectivity index (χ4v) is 1.90. The second-order valence-electron chi connectivity index (χ2n) is 4.53. The van der Waals surface area contributed by atoms with Crippen LogP contribution in [0.5, 0.6) is 0 Å². The van der Waals surface area contributed by atoms with E-state index in [1.165, 1.54) is 0 Å². The zero-order chi connectivity index (χ0) is 16.2. The molecule has 0 fully saturated rings. The Hall–Kier alpha value is -1.78. The van der Waals surface area contributed by atoms with Gasteiger partial charge in [-0.2, -0.15) is 0 Å². The van der Waals surface area contributed by atoms with Crippen LogP contribution in [0.1, 0.15) is 30.9 Å². The van der Waals surface area contributed by atoms with Gasteiger partial charge in [0.2, 0.25) is 0 Å². The average Bonchev–Trinajstić information content (AvgIpc) is 2.57. The lowest BCUT2D eigenvalue weighted by atomic mass is 10.2. The summed E-state index contributed by atoms with van der Waals surface area (Å²) in [6.45, 7) is 2.86. The van der Waals surface area contributed by atoms with Crippen LogP contribution in [-0.2, 0) is 4.74 Å². The molecule has 0 aliphatic rings. The first-order chi connectivity index (χ1) is 10.6. The maximum Gasteiger partial charge on any atom is 0.191 e. The molecule has 0 saturated heterocycles. The second-order valence-corrected chi connectivity index (χ2v) is 5.28. The van der Waals surface area contributed by atoms with E-state index in [0.717, 1.165) is 25.0 Å². The third-order valence-corrected chi connectivity index (χ3v) is 3.35. The number of thiocarbonyl (C=S) groups is 2.